The van der Waals surface area contributed by atoms with Crippen molar-refractivity contribution < 1.29 is 42.5 Å². The van der Waals surface area contributed by atoms with E-state index in [1.165, 1.54) is 12.1 Å². The first kappa shape index (κ1) is 25.4. The van der Waals surface area contributed by atoms with E-state index in [1.54, 1.807) is 6.92 Å². The van der Waals surface area contributed by atoms with Crippen molar-refractivity contribution in [3.05, 3.63) is 47.5 Å². The van der Waals surface area contributed by atoms with Crippen molar-refractivity contribution in [2.45, 2.75) is 62.9 Å². The van der Waals surface area contributed by atoms with Gasteiger partial charge in [-0.15, -0.1) is 0 Å². The lowest BCUT2D eigenvalue weighted by Gasteiger charge is -2.36. The third-order valence-corrected chi connectivity index (χ3v) is 5.80. The van der Waals surface area contributed by atoms with Gasteiger partial charge in [-0.1, -0.05) is 12.1 Å². The maximum Gasteiger partial charge on any atom is 0.416 e. The molecule has 2 bridgehead atoms. The van der Waals surface area contributed by atoms with Crippen molar-refractivity contribution in [2.24, 2.45) is 0 Å². The molecule has 0 saturated carbocycles. The number of rotatable bonds is 5. The fourth-order valence-corrected chi connectivity index (χ4v) is 3.96. The van der Waals surface area contributed by atoms with Gasteiger partial charge >= 0.3 is 24.1 Å². The van der Waals surface area contributed by atoms with Crippen LogP contribution in [0.5, 0.6) is 0 Å². The van der Waals surface area contributed by atoms with Gasteiger partial charge < -0.3 is 19.8 Å². The normalized spacial score (nSPS) is 23.8. The number of carbonyl (C=O) groups excluding carboxylic acids is 1. The van der Waals surface area contributed by atoms with E-state index in [1.807, 2.05) is 0 Å². The summed E-state index contributed by atoms with van der Waals surface area (Å²) in [6.07, 6.45) is 0.646. The maximum absolute atomic E-state index is 12.6. The van der Waals surface area contributed by atoms with Crippen molar-refractivity contribution in [3.63, 3.8) is 0 Å². The number of piperidine rings is 1. The molecule has 0 spiro atoms. The maximum atomic E-state index is 12.6. The van der Waals surface area contributed by atoms with Crippen molar-refractivity contribution in [1.29, 1.82) is 0 Å². The number of nitrogens with zero attached hydrogens (tertiary/aromatic N) is 1. The Morgan fingerprint density at radius 1 is 1.03 bits per heavy atom. The van der Waals surface area contributed by atoms with E-state index >= 15 is 0 Å². The number of halogens is 3. The molecule has 2 N–H and O–H groups in total. The van der Waals surface area contributed by atoms with Crippen LogP contribution in [0.15, 0.2) is 36.4 Å². The molecule has 10 heteroatoms. The summed E-state index contributed by atoms with van der Waals surface area (Å²) in [6.45, 7) is 1.68. The zero-order valence-corrected chi connectivity index (χ0v) is 17.7. The average molecular weight is 457 g/mol. The molecule has 0 aromatic heterocycles. The van der Waals surface area contributed by atoms with Gasteiger partial charge in [0.05, 0.1) is 11.5 Å². The molecule has 3 unspecified atom stereocenters. The topological polar surface area (TPSA) is 104 Å². The van der Waals surface area contributed by atoms with Crippen molar-refractivity contribution in [2.75, 3.05) is 7.05 Å². The van der Waals surface area contributed by atoms with Crippen LogP contribution in [0.2, 0.25) is 0 Å². The number of carbonyl (C=O) groups is 3. The Morgan fingerprint density at radius 2 is 1.50 bits per heavy atom. The molecule has 176 valence electrons. The monoisotopic (exact) mass is 457 g/mol. The van der Waals surface area contributed by atoms with Crippen LogP contribution in [0.3, 0.4) is 0 Å². The Balaban J connectivity index is 0.000000390. The first-order chi connectivity index (χ1) is 14.9. The van der Waals surface area contributed by atoms with Gasteiger partial charge in [-0.3, -0.25) is 4.79 Å². The lowest BCUT2D eigenvalue weighted by atomic mass is 9.98. The van der Waals surface area contributed by atoms with Gasteiger partial charge in [0.2, 0.25) is 0 Å². The molecule has 32 heavy (non-hydrogen) atoms. The number of alkyl halides is 3. The van der Waals surface area contributed by atoms with E-state index in [4.69, 9.17) is 14.9 Å². The highest BCUT2D eigenvalue weighted by Crippen LogP contribution is 2.36. The number of hydrogen-bond donors (Lipinski definition) is 2. The molecule has 2 saturated heterocycles. The number of fused-ring (bicyclic) bond motifs is 2. The molecule has 0 aliphatic carbocycles. The minimum atomic E-state index is -4.37. The lowest BCUT2D eigenvalue weighted by Crippen LogP contribution is -2.43. The Bertz CT molecular complexity index is 822. The summed E-state index contributed by atoms with van der Waals surface area (Å²) in [5.74, 6) is -3.44. The van der Waals surface area contributed by atoms with Gasteiger partial charge in [-0.2, -0.15) is 13.2 Å². The minimum absolute atomic E-state index is 0.0805. The van der Waals surface area contributed by atoms with E-state index in [2.05, 4.69) is 11.9 Å². The number of esters is 1. The van der Waals surface area contributed by atoms with E-state index in [-0.39, 0.29) is 12.1 Å². The highest BCUT2D eigenvalue weighted by molar-refractivity contribution is 5.89. The summed E-state index contributed by atoms with van der Waals surface area (Å²) >= 11 is 0. The standard InChI is InChI=1S/C18H22F3NO2.C4H4O4/c1-11(12-3-5-13(6-4-12)18(19,20)21)17(23)24-16-9-14-7-8-15(10-16)22(14)2;5-3(6)1-2-4(7)8/h3-6,11,14-16H,7-10H2,1-2H3;1-2H,(H,5,6)(H,7,8)/b;2-1-. The second-order valence-corrected chi connectivity index (χ2v) is 7.93. The van der Waals surface area contributed by atoms with E-state index < -0.39 is 29.6 Å². The first-order valence-corrected chi connectivity index (χ1v) is 10.1. The molecular formula is C22H26F3NO6. The lowest BCUT2D eigenvalue weighted by molar-refractivity contribution is -0.153. The zero-order valence-electron chi connectivity index (χ0n) is 17.7. The highest BCUT2D eigenvalue weighted by Gasteiger charge is 2.40. The Labute approximate surface area is 183 Å². The van der Waals surface area contributed by atoms with Gasteiger partial charge in [-0.05, 0) is 57.4 Å². The molecule has 2 fully saturated rings. The summed E-state index contributed by atoms with van der Waals surface area (Å²) in [5, 5.41) is 15.6. The smallest absolute Gasteiger partial charge is 0.416 e. The van der Waals surface area contributed by atoms with Crippen LogP contribution in [-0.2, 0) is 25.3 Å². The van der Waals surface area contributed by atoms with Crippen LogP contribution in [0, 0.1) is 0 Å². The molecular weight excluding hydrogens is 431 g/mol. The molecule has 0 amide bonds. The van der Waals surface area contributed by atoms with Gasteiger partial charge in [-0.25, -0.2) is 9.59 Å². The Hall–Kier alpha value is -2.88. The largest absolute Gasteiger partial charge is 0.478 e. The van der Waals surface area contributed by atoms with Gasteiger partial charge in [0, 0.05) is 24.2 Å². The number of carboxylic acids is 2. The highest BCUT2D eigenvalue weighted by atomic mass is 19.4. The molecule has 1 aromatic rings. The minimum Gasteiger partial charge on any atom is -0.478 e. The molecule has 3 rings (SSSR count). The molecule has 2 aliphatic rings. The van der Waals surface area contributed by atoms with Crippen molar-refractivity contribution >= 4 is 17.9 Å². The molecule has 0 radical (unpaired) electrons. The summed E-state index contributed by atoms with van der Waals surface area (Å²) in [6, 6.07) is 5.68. The van der Waals surface area contributed by atoms with Crippen LogP contribution in [0.1, 0.15) is 49.7 Å². The summed E-state index contributed by atoms with van der Waals surface area (Å²) in [7, 11) is 2.12. The number of hydrogen-bond acceptors (Lipinski definition) is 5. The first-order valence-electron chi connectivity index (χ1n) is 10.1. The Morgan fingerprint density at radius 3 is 1.91 bits per heavy atom. The van der Waals surface area contributed by atoms with Gasteiger partial charge in [0.25, 0.3) is 0 Å². The third-order valence-electron chi connectivity index (χ3n) is 5.80. The SMILES string of the molecule is CC(C(=O)OC1CC2CCC(C1)N2C)c1ccc(C(F)(F)F)cc1.O=C(O)/C=C\C(=O)O. The summed E-state index contributed by atoms with van der Waals surface area (Å²) in [5.41, 5.74) is -0.164. The number of carboxylic acid groups (broad SMARTS) is 2. The molecule has 7 nitrogen and oxygen atoms in total. The predicted octanol–water partition coefficient (Wildman–Crippen LogP) is 3.69. The van der Waals surface area contributed by atoms with E-state index in [0.29, 0.717) is 29.8 Å². The van der Waals surface area contributed by atoms with Crippen LogP contribution in [0.4, 0.5) is 13.2 Å². The number of benzene rings is 1. The second kappa shape index (κ2) is 10.6. The van der Waals surface area contributed by atoms with Crippen LogP contribution >= 0.6 is 0 Å². The molecule has 2 aliphatic heterocycles. The average Bonchev–Trinajstić information content (AvgIpc) is 2.92. The van der Waals surface area contributed by atoms with Crippen LogP contribution in [-0.4, -0.2) is 58.3 Å². The fourth-order valence-electron chi connectivity index (χ4n) is 3.96. The third kappa shape index (κ3) is 7.08. The summed E-state index contributed by atoms with van der Waals surface area (Å²) in [4.78, 5) is 33.8. The van der Waals surface area contributed by atoms with Crippen molar-refractivity contribution in [1.82, 2.24) is 4.90 Å². The molecule has 1 aromatic carbocycles. The van der Waals surface area contributed by atoms with Crippen molar-refractivity contribution in [3.8, 4) is 0 Å². The van der Waals surface area contributed by atoms with Crippen LogP contribution in [0.25, 0.3) is 0 Å². The fraction of sp³-hybridized carbons (Fsp3) is 0.500. The second-order valence-electron chi connectivity index (χ2n) is 7.93. The number of aliphatic carboxylic acids is 2. The summed E-state index contributed by atoms with van der Waals surface area (Å²) < 4.78 is 43.5. The molecule has 3 atom stereocenters. The number of ether oxygens (including phenoxy) is 1. The predicted molar refractivity (Wildman–Crippen MR) is 108 cm³/mol. The van der Waals surface area contributed by atoms with E-state index in [9.17, 15) is 27.6 Å². The van der Waals surface area contributed by atoms with Gasteiger partial charge in [0.1, 0.15) is 6.10 Å². The molecule has 2 heterocycles. The zero-order chi connectivity index (χ0) is 24.1. The van der Waals surface area contributed by atoms with Gasteiger partial charge in [0.15, 0.2) is 0 Å². The Kier molecular flexibility index (Phi) is 8.43. The van der Waals surface area contributed by atoms with E-state index in [0.717, 1.165) is 37.8 Å². The van der Waals surface area contributed by atoms with Crippen LogP contribution < -0.4 is 0 Å². The quantitative estimate of drug-likeness (QED) is 0.513.